The van der Waals surface area contributed by atoms with Crippen molar-refractivity contribution in [2.75, 3.05) is 25.2 Å². The van der Waals surface area contributed by atoms with Gasteiger partial charge in [0, 0.05) is 19.8 Å². The third-order valence-corrected chi connectivity index (χ3v) is 6.13. The van der Waals surface area contributed by atoms with Gasteiger partial charge in [-0.25, -0.2) is 0 Å². The Hall–Kier alpha value is 0.447. The van der Waals surface area contributed by atoms with Crippen molar-refractivity contribution in [2.45, 2.75) is 59.3 Å². The highest BCUT2D eigenvalue weighted by Crippen LogP contribution is 2.14. The summed E-state index contributed by atoms with van der Waals surface area (Å²) >= 11 is 4.39. The highest BCUT2D eigenvalue weighted by Gasteiger charge is 2.39. The van der Waals surface area contributed by atoms with Crippen LogP contribution in [0.1, 0.15) is 59.3 Å². The SMILES string of the molecule is CCCCO[Si](CS)(OCCCC)OCCCC. The molecule has 0 aromatic carbocycles. The van der Waals surface area contributed by atoms with Crippen LogP contribution in [0.4, 0.5) is 0 Å². The fourth-order valence-corrected chi connectivity index (χ4v) is 4.09. The topological polar surface area (TPSA) is 27.7 Å². The molecule has 0 fully saturated rings. The second kappa shape index (κ2) is 12.5. The maximum absolute atomic E-state index is 5.93. The van der Waals surface area contributed by atoms with Crippen LogP contribution in [0.15, 0.2) is 0 Å². The van der Waals surface area contributed by atoms with E-state index in [1.165, 1.54) is 0 Å². The summed E-state index contributed by atoms with van der Waals surface area (Å²) in [5.74, 6) is 0. The van der Waals surface area contributed by atoms with Gasteiger partial charge in [-0.2, -0.15) is 12.6 Å². The van der Waals surface area contributed by atoms with Crippen LogP contribution in [-0.4, -0.2) is 34.0 Å². The van der Waals surface area contributed by atoms with E-state index in [0.717, 1.165) is 58.3 Å². The monoisotopic (exact) mass is 294 g/mol. The van der Waals surface area contributed by atoms with Crippen LogP contribution in [-0.2, 0) is 13.3 Å². The summed E-state index contributed by atoms with van der Waals surface area (Å²) in [4.78, 5) is 0. The minimum Gasteiger partial charge on any atom is -0.373 e. The van der Waals surface area contributed by atoms with Gasteiger partial charge >= 0.3 is 8.80 Å². The second-order valence-corrected chi connectivity index (χ2v) is 7.94. The summed E-state index contributed by atoms with van der Waals surface area (Å²) in [6.45, 7) is 8.64. The first-order valence-electron chi connectivity index (χ1n) is 7.27. The summed E-state index contributed by atoms with van der Waals surface area (Å²) in [7, 11) is -2.52. The van der Waals surface area contributed by atoms with Crippen molar-refractivity contribution in [3.63, 3.8) is 0 Å². The first-order valence-corrected chi connectivity index (χ1v) is 9.83. The standard InChI is InChI=1S/C13H30O3SSi/c1-4-7-10-14-18(13-17,15-11-8-5-2)16-12-9-6-3/h17H,4-13H2,1-3H3. The van der Waals surface area contributed by atoms with Crippen LogP contribution >= 0.6 is 12.6 Å². The molecule has 0 saturated carbocycles. The number of thiol groups is 1. The third-order valence-electron chi connectivity index (χ3n) is 2.65. The number of hydrogen-bond donors (Lipinski definition) is 1. The Morgan fingerprint density at radius 2 is 1.06 bits per heavy atom. The van der Waals surface area contributed by atoms with Gasteiger partial charge in [-0.3, -0.25) is 0 Å². The molecular weight excluding hydrogens is 264 g/mol. The van der Waals surface area contributed by atoms with Gasteiger partial charge in [0.2, 0.25) is 0 Å². The molecule has 0 atom stereocenters. The average Bonchev–Trinajstić information content (AvgIpc) is 2.39. The molecule has 0 aliphatic carbocycles. The molecule has 0 rings (SSSR count). The molecule has 18 heavy (non-hydrogen) atoms. The van der Waals surface area contributed by atoms with Crippen LogP contribution in [0, 0.1) is 0 Å². The Balaban J connectivity index is 4.20. The lowest BCUT2D eigenvalue weighted by atomic mass is 10.4. The summed E-state index contributed by atoms with van der Waals surface area (Å²) in [5.41, 5.74) is 0. The fraction of sp³-hybridized carbons (Fsp3) is 1.00. The zero-order chi connectivity index (χ0) is 13.7. The molecule has 110 valence electrons. The lowest BCUT2D eigenvalue weighted by Gasteiger charge is -2.28. The van der Waals surface area contributed by atoms with E-state index < -0.39 is 8.80 Å². The molecule has 3 nitrogen and oxygen atoms in total. The minimum absolute atomic E-state index is 0.574. The Labute approximate surface area is 119 Å². The van der Waals surface area contributed by atoms with E-state index in [2.05, 4.69) is 33.4 Å². The molecular formula is C13H30O3SSi. The molecule has 0 N–H and O–H groups in total. The van der Waals surface area contributed by atoms with E-state index in [1.807, 2.05) is 0 Å². The van der Waals surface area contributed by atoms with E-state index in [-0.39, 0.29) is 0 Å². The van der Waals surface area contributed by atoms with E-state index in [9.17, 15) is 0 Å². The highest BCUT2D eigenvalue weighted by molar-refractivity contribution is 7.82. The van der Waals surface area contributed by atoms with Crippen LogP contribution in [0.3, 0.4) is 0 Å². The molecule has 0 amide bonds. The number of rotatable bonds is 13. The molecule has 5 heteroatoms. The Morgan fingerprint density at radius 3 is 1.28 bits per heavy atom. The zero-order valence-electron chi connectivity index (χ0n) is 12.2. The molecule has 0 aliphatic rings. The first-order chi connectivity index (χ1) is 8.74. The predicted octanol–water partition coefficient (Wildman–Crippen LogP) is 3.84. The van der Waals surface area contributed by atoms with Gasteiger partial charge in [0.25, 0.3) is 0 Å². The maximum atomic E-state index is 5.93. The van der Waals surface area contributed by atoms with Crippen molar-refractivity contribution in [1.29, 1.82) is 0 Å². The van der Waals surface area contributed by atoms with E-state index in [0.29, 0.717) is 5.38 Å². The maximum Gasteiger partial charge on any atom is 0.511 e. The molecule has 0 bridgehead atoms. The van der Waals surface area contributed by atoms with Gasteiger partial charge in [0.15, 0.2) is 0 Å². The highest BCUT2D eigenvalue weighted by atomic mass is 32.1. The first kappa shape index (κ1) is 18.4. The Kier molecular flexibility index (Phi) is 12.8. The van der Waals surface area contributed by atoms with Crippen LogP contribution in [0.2, 0.25) is 0 Å². The summed E-state index contributed by atoms with van der Waals surface area (Å²) in [5, 5.41) is 0.574. The normalized spacial score (nSPS) is 12.0. The molecule has 0 radical (unpaired) electrons. The lowest BCUT2D eigenvalue weighted by molar-refractivity contribution is 0.0620. The minimum atomic E-state index is -2.52. The smallest absolute Gasteiger partial charge is 0.373 e. The van der Waals surface area contributed by atoms with Crippen molar-refractivity contribution in [2.24, 2.45) is 0 Å². The molecule has 0 unspecified atom stereocenters. The van der Waals surface area contributed by atoms with Crippen molar-refractivity contribution in [3.05, 3.63) is 0 Å². The van der Waals surface area contributed by atoms with E-state index in [4.69, 9.17) is 13.3 Å². The molecule has 0 heterocycles. The van der Waals surface area contributed by atoms with Crippen molar-refractivity contribution < 1.29 is 13.3 Å². The van der Waals surface area contributed by atoms with Gasteiger partial charge < -0.3 is 13.3 Å². The van der Waals surface area contributed by atoms with E-state index in [1.54, 1.807) is 0 Å². The van der Waals surface area contributed by atoms with Crippen LogP contribution in [0.25, 0.3) is 0 Å². The van der Waals surface area contributed by atoms with Gasteiger partial charge in [0.1, 0.15) is 0 Å². The molecule has 0 aromatic heterocycles. The van der Waals surface area contributed by atoms with Crippen LogP contribution in [0.5, 0.6) is 0 Å². The van der Waals surface area contributed by atoms with Gasteiger partial charge in [-0.1, -0.05) is 40.0 Å². The molecule has 0 spiro atoms. The third kappa shape index (κ3) is 8.53. The van der Waals surface area contributed by atoms with E-state index >= 15 is 0 Å². The Bertz CT molecular complexity index is 155. The molecule has 0 aromatic rings. The second-order valence-electron chi connectivity index (χ2n) is 4.45. The van der Waals surface area contributed by atoms with Crippen molar-refractivity contribution in [3.8, 4) is 0 Å². The van der Waals surface area contributed by atoms with Gasteiger partial charge in [-0.05, 0) is 19.3 Å². The quantitative estimate of drug-likeness (QED) is 0.318. The zero-order valence-corrected chi connectivity index (χ0v) is 14.1. The fourth-order valence-electron chi connectivity index (χ4n) is 1.38. The summed E-state index contributed by atoms with van der Waals surface area (Å²) < 4.78 is 17.8. The average molecular weight is 295 g/mol. The predicted molar refractivity (Wildman–Crippen MR) is 82.2 cm³/mol. The number of hydrogen-bond acceptors (Lipinski definition) is 4. The number of unbranched alkanes of at least 4 members (excludes halogenated alkanes) is 3. The summed E-state index contributed by atoms with van der Waals surface area (Å²) in [6, 6.07) is 0. The summed E-state index contributed by atoms with van der Waals surface area (Å²) in [6.07, 6.45) is 6.54. The van der Waals surface area contributed by atoms with Gasteiger partial charge in [-0.15, -0.1) is 0 Å². The largest absolute Gasteiger partial charge is 0.511 e. The molecule has 0 saturated heterocycles. The van der Waals surface area contributed by atoms with Gasteiger partial charge in [0.05, 0.1) is 5.38 Å². The van der Waals surface area contributed by atoms with Crippen molar-refractivity contribution >= 4 is 21.4 Å². The van der Waals surface area contributed by atoms with Crippen LogP contribution < -0.4 is 0 Å². The lowest BCUT2D eigenvalue weighted by Crippen LogP contribution is -2.49. The molecule has 0 aliphatic heterocycles. The van der Waals surface area contributed by atoms with Crippen molar-refractivity contribution in [1.82, 2.24) is 0 Å². The Morgan fingerprint density at radius 1 is 0.722 bits per heavy atom.